The van der Waals surface area contributed by atoms with Gasteiger partial charge in [0, 0.05) is 12.3 Å². The number of ether oxygens (including phenoxy) is 1. The van der Waals surface area contributed by atoms with Crippen LogP contribution in [0.25, 0.3) is 0 Å². The summed E-state index contributed by atoms with van der Waals surface area (Å²) in [4.78, 5) is 24.1. The zero-order valence-electron chi connectivity index (χ0n) is 10.4. The summed E-state index contributed by atoms with van der Waals surface area (Å²) >= 11 is 1.69. The monoisotopic (exact) mass is 260 g/mol. The SMILES string of the molecule is COC(=O)CN(C)C(=O)CSC1CCNCC1. The van der Waals surface area contributed by atoms with Crippen LogP contribution in [0.1, 0.15) is 12.8 Å². The predicted molar refractivity (Wildman–Crippen MR) is 68.0 cm³/mol. The molecular formula is C11H20N2O3S. The molecule has 1 N–H and O–H groups in total. The second-order valence-corrected chi connectivity index (χ2v) is 5.37. The van der Waals surface area contributed by atoms with Crippen molar-refractivity contribution in [2.75, 3.05) is 39.5 Å². The van der Waals surface area contributed by atoms with Gasteiger partial charge in [-0.1, -0.05) is 0 Å². The zero-order chi connectivity index (χ0) is 12.7. The summed E-state index contributed by atoms with van der Waals surface area (Å²) in [6.07, 6.45) is 2.22. The molecule has 0 atom stereocenters. The fraction of sp³-hybridized carbons (Fsp3) is 0.818. The van der Waals surface area contributed by atoms with Gasteiger partial charge in [0.2, 0.25) is 5.91 Å². The van der Waals surface area contributed by atoms with Crippen molar-refractivity contribution in [2.45, 2.75) is 18.1 Å². The highest BCUT2D eigenvalue weighted by atomic mass is 32.2. The third kappa shape index (κ3) is 5.41. The molecule has 17 heavy (non-hydrogen) atoms. The number of carbonyl (C=O) groups excluding carboxylic acids is 2. The second kappa shape index (κ2) is 7.55. The van der Waals surface area contributed by atoms with E-state index in [1.54, 1.807) is 18.8 Å². The lowest BCUT2D eigenvalue weighted by Crippen LogP contribution is -2.35. The van der Waals surface area contributed by atoms with E-state index in [0.717, 1.165) is 25.9 Å². The lowest BCUT2D eigenvalue weighted by Gasteiger charge is -2.23. The normalized spacial score (nSPS) is 16.6. The van der Waals surface area contributed by atoms with E-state index in [2.05, 4.69) is 10.1 Å². The van der Waals surface area contributed by atoms with Crippen molar-refractivity contribution in [3.8, 4) is 0 Å². The Hall–Kier alpha value is -0.750. The number of hydrogen-bond donors (Lipinski definition) is 1. The summed E-state index contributed by atoms with van der Waals surface area (Å²) in [6.45, 7) is 2.09. The van der Waals surface area contributed by atoms with Gasteiger partial charge in [0.15, 0.2) is 0 Å². The maximum absolute atomic E-state index is 11.7. The molecule has 1 aliphatic rings. The van der Waals surface area contributed by atoms with E-state index in [1.807, 2.05) is 0 Å². The van der Waals surface area contributed by atoms with Crippen LogP contribution in [-0.2, 0) is 14.3 Å². The quantitative estimate of drug-likeness (QED) is 0.711. The third-order valence-corrected chi connectivity index (χ3v) is 4.10. The van der Waals surface area contributed by atoms with E-state index in [4.69, 9.17) is 0 Å². The summed E-state index contributed by atoms with van der Waals surface area (Å²) in [5, 5.41) is 3.85. The number of thioether (sulfide) groups is 1. The standard InChI is InChI=1S/C11H20N2O3S/c1-13(7-11(15)16-2)10(14)8-17-9-3-5-12-6-4-9/h9,12H,3-8H2,1-2H3. The minimum atomic E-state index is -0.382. The van der Waals surface area contributed by atoms with Crippen LogP contribution in [0, 0.1) is 0 Å². The average molecular weight is 260 g/mol. The number of nitrogens with one attached hydrogen (secondary N) is 1. The average Bonchev–Trinajstić information content (AvgIpc) is 2.36. The molecule has 1 saturated heterocycles. The first-order valence-corrected chi connectivity index (χ1v) is 6.81. The molecule has 0 saturated carbocycles. The van der Waals surface area contributed by atoms with Crippen molar-refractivity contribution < 1.29 is 14.3 Å². The van der Waals surface area contributed by atoms with Gasteiger partial charge in [-0.3, -0.25) is 9.59 Å². The smallest absolute Gasteiger partial charge is 0.325 e. The minimum Gasteiger partial charge on any atom is -0.468 e. The number of methoxy groups -OCH3 is 1. The number of rotatable bonds is 5. The molecule has 1 rings (SSSR count). The van der Waals surface area contributed by atoms with E-state index in [0.29, 0.717) is 11.0 Å². The van der Waals surface area contributed by atoms with Crippen LogP contribution < -0.4 is 5.32 Å². The van der Waals surface area contributed by atoms with Crippen LogP contribution >= 0.6 is 11.8 Å². The number of carbonyl (C=O) groups is 2. The molecule has 0 radical (unpaired) electrons. The van der Waals surface area contributed by atoms with Crippen molar-refractivity contribution in [2.24, 2.45) is 0 Å². The molecule has 0 aromatic carbocycles. The molecule has 0 bridgehead atoms. The molecule has 1 aliphatic heterocycles. The zero-order valence-corrected chi connectivity index (χ0v) is 11.2. The fourth-order valence-corrected chi connectivity index (χ4v) is 2.78. The van der Waals surface area contributed by atoms with Crippen LogP contribution in [-0.4, -0.2) is 61.6 Å². The van der Waals surface area contributed by atoms with Crippen LogP contribution in [0.3, 0.4) is 0 Å². The number of esters is 1. The van der Waals surface area contributed by atoms with Gasteiger partial charge in [-0.15, -0.1) is 11.8 Å². The molecule has 0 aromatic rings. The lowest BCUT2D eigenvalue weighted by molar-refractivity contribution is -0.145. The van der Waals surface area contributed by atoms with Gasteiger partial charge in [-0.25, -0.2) is 0 Å². The fourth-order valence-electron chi connectivity index (χ4n) is 1.61. The summed E-state index contributed by atoms with van der Waals surface area (Å²) in [7, 11) is 2.95. The first-order chi connectivity index (χ1) is 8.13. The minimum absolute atomic E-state index is 0.0149. The Balaban J connectivity index is 2.21. The van der Waals surface area contributed by atoms with Gasteiger partial charge in [-0.2, -0.15) is 0 Å². The number of nitrogens with zero attached hydrogens (tertiary/aromatic N) is 1. The van der Waals surface area contributed by atoms with Crippen LogP contribution in [0.15, 0.2) is 0 Å². The van der Waals surface area contributed by atoms with Gasteiger partial charge in [0.05, 0.1) is 12.9 Å². The van der Waals surface area contributed by atoms with Gasteiger partial charge in [0.1, 0.15) is 6.54 Å². The first-order valence-electron chi connectivity index (χ1n) is 5.76. The summed E-state index contributed by atoms with van der Waals surface area (Å²) in [6, 6.07) is 0. The van der Waals surface area contributed by atoms with Crippen LogP contribution in [0.2, 0.25) is 0 Å². The van der Waals surface area contributed by atoms with Gasteiger partial charge in [-0.05, 0) is 25.9 Å². The maximum Gasteiger partial charge on any atom is 0.325 e. The van der Waals surface area contributed by atoms with E-state index in [1.165, 1.54) is 12.0 Å². The molecule has 0 aromatic heterocycles. The Morgan fingerprint density at radius 2 is 2.06 bits per heavy atom. The maximum atomic E-state index is 11.7. The summed E-state index contributed by atoms with van der Waals surface area (Å²) in [5.74, 6) is 0.0460. The molecule has 0 spiro atoms. The molecule has 0 unspecified atom stereocenters. The summed E-state index contributed by atoms with van der Waals surface area (Å²) in [5.41, 5.74) is 0. The summed E-state index contributed by atoms with van der Waals surface area (Å²) < 4.78 is 4.52. The van der Waals surface area contributed by atoms with E-state index in [9.17, 15) is 9.59 Å². The van der Waals surface area contributed by atoms with Gasteiger partial charge in [0.25, 0.3) is 0 Å². The van der Waals surface area contributed by atoms with Gasteiger partial charge < -0.3 is 15.0 Å². The molecule has 1 heterocycles. The van der Waals surface area contributed by atoms with Crippen molar-refractivity contribution in [3.05, 3.63) is 0 Å². The van der Waals surface area contributed by atoms with Crippen LogP contribution in [0.4, 0.5) is 0 Å². The highest BCUT2D eigenvalue weighted by molar-refractivity contribution is 8.00. The Bertz CT molecular complexity index is 267. The topological polar surface area (TPSA) is 58.6 Å². The number of piperidine rings is 1. The van der Waals surface area contributed by atoms with Crippen molar-refractivity contribution in [1.29, 1.82) is 0 Å². The Kier molecular flexibility index (Phi) is 6.36. The molecule has 98 valence electrons. The van der Waals surface area contributed by atoms with Crippen molar-refractivity contribution in [1.82, 2.24) is 10.2 Å². The van der Waals surface area contributed by atoms with Crippen molar-refractivity contribution in [3.63, 3.8) is 0 Å². The highest BCUT2D eigenvalue weighted by Crippen LogP contribution is 2.20. The lowest BCUT2D eigenvalue weighted by atomic mass is 10.2. The predicted octanol–water partition coefficient (Wildman–Crippen LogP) is 0.103. The van der Waals surface area contributed by atoms with E-state index >= 15 is 0 Å². The molecule has 6 heteroatoms. The van der Waals surface area contributed by atoms with Crippen molar-refractivity contribution >= 4 is 23.6 Å². The second-order valence-electron chi connectivity index (χ2n) is 4.09. The van der Waals surface area contributed by atoms with E-state index in [-0.39, 0.29) is 18.4 Å². The Labute approximate surface area is 106 Å². The molecular weight excluding hydrogens is 240 g/mol. The van der Waals surface area contributed by atoms with E-state index < -0.39 is 0 Å². The molecule has 1 amide bonds. The first kappa shape index (κ1) is 14.3. The van der Waals surface area contributed by atoms with Crippen LogP contribution in [0.5, 0.6) is 0 Å². The Morgan fingerprint density at radius 1 is 1.41 bits per heavy atom. The number of amides is 1. The highest BCUT2D eigenvalue weighted by Gasteiger charge is 2.17. The Morgan fingerprint density at radius 3 is 2.65 bits per heavy atom. The molecule has 0 aliphatic carbocycles. The number of hydrogen-bond acceptors (Lipinski definition) is 5. The third-order valence-electron chi connectivity index (χ3n) is 2.75. The van der Waals surface area contributed by atoms with Gasteiger partial charge >= 0.3 is 5.97 Å². The number of likely N-dealkylation sites (N-methyl/N-ethyl adjacent to an activating group) is 1. The largest absolute Gasteiger partial charge is 0.468 e. The molecule has 1 fully saturated rings. The molecule has 5 nitrogen and oxygen atoms in total.